The number of rotatable bonds is 5. The lowest BCUT2D eigenvalue weighted by Crippen LogP contribution is -2.19. The molecule has 0 radical (unpaired) electrons. The number of benzene rings is 1. The maximum atomic E-state index is 14.2. The van der Waals surface area contributed by atoms with Crippen molar-refractivity contribution in [1.29, 1.82) is 5.26 Å². The number of hydrogen-bond donors (Lipinski definition) is 1. The summed E-state index contributed by atoms with van der Waals surface area (Å²) in [5.74, 6) is -0.256. The Bertz CT molecular complexity index is 717. The maximum Gasteiger partial charge on any atom is 0.224 e. The highest BCUT2D eigenvalue weighted by molar-refractivity contribution is 6.33. The molecule has 0 saturated heterocycles. The van der Waals surface area contributed by atoms with Crippen LogP contribution in [0.2, 0.25) is 10.3 Å². The molecule has 8 heteroatoms. The number of para-hydroxylation sites is 1. The third-order valence-corrected chi connectivity index (χ3v) is 3.38. The van der Waals surface area contributed by atoms with E-state index < -0.39 is 5.82 Å². The van der Waals surface area contributed by atoms with Crippen molar-refractivity contribution >= 4 is 40.4 Å². The Hall–Kier alpha value is -2.10. The highest BCUT2D eigenvalue weighted by Crippen LogP contribution is 2.32. The third-order valence-electron chi connectivity index (χ3n) is 2.92. The van der Waals surface area contributed by atoms with Crippen molar-refractivity contribution in [1.82, 2.24) is 9.97 Å². The Morgan fingerprint density at radius 3 is 2.91 bits per heavy atom. The molecule has 0 unspecified atom stereocenters. The molecular weight excluding hydrogens is 328 g/mol. The fourth-order valence-electron chi connectivity index (χ4n) is 1.84. The summed E-state index contributed by atoms with van der Waals surface area (Å²) in [6.07, 6.45) is 1.66. The van der Waals surface area contributed by atoms with Crippen LogP contribution in [-0.2, 0) is 0 Å². The molecule has 0 aliphatic rings. The minimum absolute atomic E-state index is 0.00243. The van der Waals surface area contributed by atoms with Gasteiger partial charge in [-0.25, -0.2) is 9.37 Å². The summed E-state index contributed by atoms with van der Waals surface area (Å²) < 4.78 is 14.2. The lowest BCUT2D eigenvalue weighted by Gasteiger charge is -2.22. The monoisotopic (exact) mass is 339 g/mol. The number of aromatic nitrogens is 2. The minimum atomic E-state index is -0.466. The van der Waals surface area contributed by atoms with Gasteiger partial charge in [0.05, 0.1) is 30.1 Å². The van der Waals surface area contributed by atoms with Crippen LogP contribution in [-0.4, -0.2) is 23.6 Å². The zero-order valence-electron chi connectivity index (χ0n) is 11.6. The predicted molar refractivity (Wildman–Crippen MR) is 85.2 cm³/mol. The second-order valence-corrected chi connectivity index (χ2v) is 5.17. The number of anilines is 3. The minimum Gasteiger partial charge on any atom is -0.372 e. The van der Waals surface area contributed by atoms with E-state index in [9.17, 15) is 4.39 Å². The first kappa shape index (κ1) is 16.3. The van der Waals surface area contributed by atoms with E-state index in [1.165, 1.54) is 12.3 Å². The van der Waals surface area contributed by atoms with Gasteiger partial charge in [0, 0.05) is 13.6 Å². The van der Waals surface area contributed by atoms with Gasteiger partial charge < -0.3 is 10.2 Å². The van der Waals surface area contributed by atoms with E-state index in [4.69, 9.17) is 28.5 Å². The molecule has 1 aromatic heterocycles. The zero-order chi connectivity index (χ0) is 16.1. The fourth-order valence-corrected chi connectivity index (χ4v) is 2.12. The zero-order valence-corrected chi connectivity index (χ0v) is 13.2. The largest absolute Gasteiger partial charge is 0.372 e. The van der Waals surface area contributed by atoms with Gasteiger partial charge in [-0.2, -0.15) is 10.2 Å². The van der Waals surface area contributed by atoms with Gasteiger partial charge in [-0.15, -0.1) is 0 Å². The van der Waals surface area contributed by atoms with E-state index in [2.05, 4.69) is 21.4 Å². The van der Waals surface area contributed by atoms with Crippen LogP contribution >= 0.6 is 23.2 Å². The third kappa shape index (κ3) is 3.75. The van der Waals surface area contributed by atoms with Crippen molar-refractivity contribution in [3.8, 4) is 6.07 Å². The van der Waals surface area contributed by atoms with E-state index in [0.717, 1.165) is 0 Å². The highest BCUT2D eigenvalue weighted by Gasteiger charge is 2.14. The topological polar surface area (TPSA) is 64.8 Å². The lowest BCUT2D eigenvalue weighted by atomic mass is 10.2. The molecule has 114 valence electrons. The van der Waals surface area contributed by atoms with Crippen LogP contribution in [0, 0.1) is 17.1 Å². The standard InChI is InChI=1S/C14H12Cl2FN5/c1-22(7-3-6-18)11-5-2-4-10(17)12(11)20-13-9(15)8-19-14(16)21-13/h2,4-5,8H,3,7H2,1H3,(H,19,20,21). The van der Waals surface area contributed by atoms with Crippen LogP contribution in [0.3, 0.4) is 0 Å². The molecule has 2 rings (SSSR count). The first-order valence-electron chi connectivity index (χ1n) is 6.34. The van der Waals surface area contributed by atoms with Gasteiger partial charge >= 0.3 is 0 Å². The quantitative estimate of drug-likeness (QED) is 0.833. The SMILES string of the molecule is CN(CCC#N)c1cccc(F)c1Nc1nc(Cl)ncc1Cl. The molecule has 0 saturated carbocycles. The van der Waals surface area contributed by atoms with Crippen molar-refractivity contribution in [2.24, 2.45) is 0 Å². The van der Waals surface area contributed by atoms with Crippen molar-refractivity contribution < 1.29 is 4.39 Å². The van der Waals surface area contributed by atoms with Gasteiger partial charge in [0.1, 0.15) is 10.8 Å². The van der Waals surface area contributed by atoms with Gasteiger partial charge in [0.2, 0.25) is 5.28 Å². The molecule has 0 fully saturated rings. The van der Waals surface area contributed by atoms with E-state index in [0.29, 0.717) is 18.7 Å². The number of nitrogens with one attached hydrogen (secondary N) is 1. The van der Waals surface area contributed by atoms with Gasteiger partial charge in [0.25, 0.3) is 0 Å². The lowest BCUT2D eigenvalue weighted by molar-refractivity contribution is 0.631. The first-order chi connectivity index (χ1) is 10.5. The highest BCUT2D eigenvalue weighted by atomic mass is 35.5. The molecule has 0 amide bonds. The summed E-state index contributed by atoms with van der Waals surface area (Å²) in [6, 6.07) is 6.70. The van der Waals surface area contributed by atoms with Crippen LogP contribution in [0.1, 0.15) is 6.42 Å². The number of halogens is 3. The van der Waals surface area contributed by atoms with Crippen molar-refractivity contribution in [3.63, 3.8) is 0 Å². The Kier molecular flexibility index (Phi) is 5.36. The summed E-state index contributed by atoms with van der Waals surface area (Å²) in [6.45, 7) is 0.465. The summed E-state index contributed by atoms with van der Waals surface area (Å²) in [7, 11) is 1.77. The maximum absolute atomic E-state index is 14.2. The fraction of sp³-hybridized carbons (Fsp3) is 0.214. The number of nitriles is 1. The molecule has 0 atom stereocenters. The summed E-state index contributed by atoms with van der Waals surface area (Å²) in [4.78, 5) is 9.46. The molecule has 5 nitrogen and oxygen atoms in total. The molecule has 0 bridgehead atoms. The van der Waals surface area contributed by atoms with E-state index in [-0.39, 0.29) is 21.8 Å². The second-order valence-electron chi connectivity index (χ2n) is 4.42. The van der Waals surface area contributed by atoms with Crippen LogP contribution in [0.25, 0.3) is 0 Å². The molecule has 2 aromatic rings. The van der Waals surface area contributed by atoms with Crippen LogP contribution in [0.15, 0.2) is 24.4 Å². The normalized spacial score (nSPS) is 10.1. The average Bonchev–Trinajstić information content (AvgIpc) is 2.50. The van der Waals surface area contributed by atoms with Gasteiger partial charge in [-0.05, 0) is 23.7 Å². The van der Waals surface area contributed by atoms with Crippen LogP contribution in [0.5, 0.6) is 0 Å². The van der Waals surface area contributed by atoms with Crippen molar-refractivity contribution in [2.45, 2.75) is 6.42 Å². The van der Waals surface area contributed by atoms with Gasteiger partial charge in [-0.3, -0.25) is 0 Å². The average molecular weight is 340 g/mol. The van der Waals surface area contributed by atoms with Crippen molar-refractivity contribution in [3.05, 3.63) is 40.5 Å². The Morgan fingerprint density at radius 2 is 2.18 bits per heavy atom. The summed E-state index contributed by atoms with van der Waals surface area (Å²) in [5, 5.41) is 11.7. The van der Waals surface area contributed by atoms with Gasteiger partial charge in [-0.1, -0.05) is 17.7 Å². The van der Waals surface area contributed by atoms with Crippen molar-refractivity contribution in [2.75, 3.05) is 23.8 Å². The Morgan fingerprint density at radius 1 is 1.41 bits per heavy atom. The van der Waals surface area contributed by atoms with E-state index in [1.54, 1.807) is 24.1 Å². The van der Waals surface area contributed by atoms with E-state index >= 15 is 0 Å². The predicted octanol–water partition coefficient (Wildman–Crippen LogP) is 4.02. The summed E-state index contributed by atoms with van der Waals surface area (Å²) in [5.41, 5.74) is 0.792. The number of nitrogens with zero attached hydrogens (tertiary/aromatic N) is 4. The number of hydrogen-bond acceptors (Lipinski definition) is 5. The van der Waals surface area contributed by atoms with Crippen LogP contribution < -0.4 is 10.2 Å². The summed E-state index contributed by atoms with van der Waals surface area (Å²) >= 11 is 11.7. The first-order valence-corrected chi connectivity index (χ1v) is 7.10. The molecular formula is C14H12Cl2FN5. The smallest absolute Gasteiger partial charge is 0.224 e. The second kappa shape index (κ2) is 7.25. The Balaban J connectivity index is 2.38. The van der Waals surface area contributed by atoms with Gasteiger partial charge in [0.15, 0.2) is 5.82 Å². The molecule has 1 heterocycles. The molecule has 0 aliphatic carbocycles. The van der Waals surface area contributed by atoms with E-state index in [1.807, 2.05) is 0 Å². The molecule has 22 heavy (non-hydrogen) atoms. The molecule has 0 aliphatic heterocycles. The molecule has 1 aromatic carbocycles. The Labute approximate surface area is 137 Å². The molecule has 1 N–H and O–H groups in total. The van der Waals surface area contributed by atoms with Crippen LogP contribution in [0.4, 0.5) is 21.6 Å². The molecule has 0 spiro atoms.